The minimum absolute atomic E-state index is 0.501. The Morgan fingerprint density at radius 3 is 3.00 bits per heavy atom. The molecule has 0 bridgehead atoms. The Morgan fingerprint density at radius 1 is 1.38 bits per heavy atom. The van der Waals surface area contributed by atoms with E-state index in [0.29, 0.717) is 11.1 Å². The van der Waals surface area contributed by atoms with Gasteiger partial charge in [0, 0.05) is 5.92 Å². The Morgan fingerprint density at radius 2 is 2.23 bits per heavy atom. The lowest BCUT2D eigenvalue weighted by molar-refractivity contribution is 0.938. The third-order valence-corrected chi connectivity index (χ3v) is 2.51. The highest BCUT2D eigenvalue weighted by Crippen LogP contribution is 2.38. The van der Waals surface area contributed by atoms with Crippen LogP contribution in [0.4, 0.5) is 0 Å². The van der Waals surface area contributed by atoms with Crippen LogP contribution < -0.4 is 0 Å². The summed E-state index contributed by atoms with van der Waals surface area (Å²) in [5, 5.41) is 7.97. The first-order chi connectivity index (χ1) is 6.34. The largest absolute Gasteiger partial charge is 0.261 e. The van der Waals surface area contributed by atoms with Gasteiger partial charge in [-0.2, -0.15) is 5.10 Å². The summed E-state index contributed by atoms with van der Waals surface area (Å²) in [5.74, 6) is 1.37. The summed E-state index contributed by atoms with van der Waals surface area (Å²) in [5.41, 5.74) is 0.738. The summed E-state index contributed by atoms with van der Waals surface area (Å²) < 4.78 is 0. The van der Waals surface area contributed by atoms with Crippen molar-refractivity contribution in [3.63, 3.8) is 0 Å². The van der Waals surface area contributed by atoms with Gasteiger partial charge in [0.2, 0.25) is 0 Å². The summed E-state index contributed by atoms with van der Waals surface area (Å²) in [4.78, 5) is 8.57. The maximum absolute atomic E-state index is 5.96. The van der Waals surface area contributed by atoms with Crippen molar-refractivity contribution in [2.75, 3.05) is 0 Å². The molecule has 0 aromatic carbocycles. The first-order valence-corrected chi connectivity index (χ1v) is 4.59. The average Bonchev–Trinajstić information content (AvgIpc) is 2.85. The van der Waals surface area contributed by atoms with Gasteiger partial charge < -0.3 is 0 Å². The van der Waals surface area contributed by atoms with Crippen molar-refractivity contribution in [1.29, 1.82) is 0 Å². The highest BCUT2D eigenvalue weighted by molar-refractivity contribution is 6.33. The molecule has 0 atom stereocenters. The van der Waals surface area contributed by atoms with Crippen LogP contribution in [0.3, 0.4) is 0 Å². The van der Waals surface area contributed by atoms with E-state index in [1.165, 1.54) is 12.8 Å². The van der Waals surface area contributed by atoms with Crippen LogP contribution in [0, 0.1) is 0 Å². The van der Waals surface area contributed by atoms with Crippen LogP contribution in [-0.4, -0.2) is 20.2 Å². The van der Waals surface area contributed by atoms with Gasteiger partial charge in [-0.05, 0) is 12.8 Å². The number of aromatic nitrogens is 4. The van der Waals surface area contributed by atoms with E-state index in [0.717, 1.165) is 16.9 Å². The number of fused-ring (bicyclic) bond motifs is 1. The van der Waals surface area contributed by atoms with Gasteiger partial charge in [0.15, 0.2) is 5.65 Å². The van der Waals surface area contributed by atoms with Gasteiger partial charge in [-0.25, -0.2) is 9.97 Å². The molecular weight excluding hydrogens is 188 g/mol. The number of nitrogens with zero attached hydrogens (tertiary/aromatic N) is 3. The molecule has 1 fully saturated rings. The van der Waals surface area contributed by atoms with Crippen molar-refractivity contribution < 1.29 is 0 Å². The van der Waals surface area contributed by atoms with Crippen molar-refractivity contribution in [3.05, 3.63) is 17.2 Å². The van der Waals surface area contributed by atoms with E-state index in [1.54, 1.807) is 6.20 Å². The summed E-state index contributed by atoms with van der Waals surface area (Å²) in [7, 11) is 0. The van der Waals surface area contributed by atoms with Gasteiger partial charge >= 0.3 is 0 Å². The number of H-pyrrole nitrogens is 1. The van der Waals surface area contributed by atoms with Crippen molar-refractivity contribution >= 4 is 22.6 Å². The molecule has 1 N–H and O–H groups in total. The topological polar surface area (TPSA) is 54.5 Å². The van der Waals surface area contributed by atoms with E-state index >= 15 is 0 Å². The highest BCUT2D eigenvalue weighted by atomic mass is 35.5. The fourth-order valence-corrected chi connectivity index (χ4v) is 1.56. The zero-order chi connectivity index (χ0) is 8.84. The summed E-state index contributed by atoms with van der Waals surface area (Å²) >= 11 is 5.96. The first-order valence-electron chi connectivity index (χ1n) is 4.21. The zero-order valence-electron chi connectivity index (χ0n) is 6.79. The normalized spacial score (nSPS) is 16.7. The van der Waals surface area contributed by atoms with Crippen molar-refractivity contribution in [2.24, 2.45) is 0 Å². The van der Waals surface area contributed by atoms with Gasteiger partial charge in [-0.15, -0.1) is 0 Å². The maximum atomic E-state index is 5.96. The molecule has 0 unspecified atom stereocenters. The zero-order valence-corrected chi connectivity index (χ0v) is 7.54. The van der Waals surface area contributed by atoms with Crippen LogP contribution in [0.2, 0.25) is 5.15 Å². The molecule has 1 aliphatic carbocycles. The third-order valence-electron chi connectivity index (χ3n) is 2.22. The molecule has 13 heavy (non-hydrogen) atoms. The minimum Gasteiger partial charge on any atom is -0.261 e. The van der Waals surface area contributed by atoms with Crippen LogP contribution in [0.25, 0.3) is 11.0 Å². The number of rotatable bonds is 1. The lowest BCUT2D eigenvalue weighted by Crippen LogP contribution is -1.93. The Kier molecular flexibility index (Phi) is 1.35. The fraction of sp³-hybridized carbons (Fsp3) is 0.375. The van der Waals surface area contributed by atoms with Crippen molar-refractivity contribution in [1.82, 2.24) is 20.2 Å². The average molecular weight is 195 g/mol. The summed E-state index contributed by atoms with van der Waals surface area (Å²) in [6.45, 7) is 0. The quantitative estimate of drug-likeness (QED) is 0.706. The molecule has 2 heterocycles. The molecule has 2 aromatic heterocycles. The predicted octanol–water partition coefficient (Wildman–Crippen LogP) is 1.88. The standard InChI is InChI=1S/C8H7ClN4/c9-6-5-3-10-13-8(5)12-7(11-6)4-1-2-4/h3-4H,1-2H2,(H,10,11,12,13). The second-order valence-electron chi connectivity index (χ2n) is 3.28. The van der Waals surface area contributed by atoms with Crippen molar-refractivity contribution in [2.45, 2.75) is 18.8 Å². The van der Waals surface area contributed by atoms with Gasteiger partial charge in [-0.1, -0.05) is 11.6 Å². The smallest absolute Gasteiger partial charge is 0.160 e. The monoisotopic (exact) mass is 194 g/mol. The van der Waals surface area contributed by atoms with E-state index in [1.807, 2.05) is 0 Å². The SMILES string of the molecule is Clc1nc(C2CC2)nc2[nH]ncc12. The van der Waals surface area contributed by atoms with Crippen LogP contribution in [0.5, 0.6) is 0 Å². The Labute approximate surface area is 79.3 Å². The molecule has 1 saturated carbocycles. The van der Waals surface area contributed by atoms with Crippen molar-refractivity contribution in [3.8, 4) is 0 Å². The van der Waals surface area contributed by atoms with Gasteiger partial charge in [0.1, 0.15) is 11.0 Å². The molecule has 66 valence electrons. The molecular formula is C8H7ClN4. The fourth-order valence-electron chi connectivity index (χ4n) is 1.34. The molecule has 3 rings (SSSR count). The highest BCUT2D eigenvalue weighted by Gasteiger charge is 2.27. The van der Waals surface area contributed by atoms with Crippen LogP contribution >= 0.6 is 11.6 Å². The van der Waals surface area contributed by atoms with Crippen LogP contribution in [0.1, 0.15) is 24.6 Å². The number of halogens is 1. The van der Waals surface area contributed by atoms with Gasteiger partial charge in [0.05, 0.1) is 11.6 Å². The van der Waals surface area contributed by atoms with E-state index < -0.39 is 0 Å². The predicted molar refractivity (Wildman–Crippen MR) is 48.7 cm³/mol. The van der Waals surface area contributed by atoms with E-state index in [4.69, 9.17) is 11.6 Å². The first kappa shape index (κ1) is 7.26. The summed E-state index contributed by atoms with van der Waals surface area (Å²) in [6.07, 6.45) is 4.00. The Balaban J connectivity index is 2.27. The summed E-state index contributed by atoms with van der Waals surface area (Å²) in [6, 6.07) is 0. The molecule has 2 aromatic rings. The van der Waals surface area contributed by atoms with Crippen LogP contribution in [-0.2, 0) is 0 Å². The van der Waals surface area contributed by atoms with Gasteiger partial charge in [0.25, 0.3) is 0 Å². The van der Waals surface area contributed by atoms with E-state index in [2.05, 4.69) is 20.2 Å². The molecule has 0 spiro atoms. The molecule has 0 saturated heterocycles. The molecule has 5 heteroatoms. The third kappa shape index (κ3) is 1.09. The molecule has 4 nitrogen and oxygen atoms in total. The molecule has 0 radical (unpaired) electrons. The lowest BCUT2D eigenvalue weighted by atomic mass is 10.3. The maximum Gasteiger partial charge on any atom is 0.160 e. The Hall–Kier alpha value is -1.16. The van der Waals surface area contributed by atoms with E-state index in [-0.39, 0.29) is 0 Å². The molecule has 0 aliphatic heterocycles. The molecule has 0 amide bonds. The number of aromatic amines is 1. The lowest BCUT2D eigenvalue weighted by Gasteiger charge is -1.97. The minimum atomic E-state index is 0.501. The molecule has 1 aliphatic rings. The second kappa shape index (κ2) is 2.42. The second-order valence-corrected chi connectivity index (χ2v) is 3.64. The number of hydrogen-bond donors (Lipinski definition) is 1. The van der Waals surface area contributed by atoms with Gasteiger partial charge in [-0.3, -0.25) is 5.10 Å². The van der Waals surface area contributed by atoms with Crippen LogP contribution in [0.15, 0.2) is 6.20 Å². The van der Waals surface area contributed by atoms with E-state index in [9.17, 15) is 0 Å². The number of nitrogens with one attached hydrogen (secondary N) is 1. The number of hydrogen-bond acceptors (Lipinski definition) is 3. The Bertz CT molecular complexity index is 460.